The quantitative estimate of drug-likeness (QED) is 0.540. The Morgan fingerprint density at radius 3 is 2.58 bits per heavy atom. The van der Waals surface area contributed by atoms with Gasteiger partial charge < -0.3 is 15.6 Å². The molecule has 3 heterocycles. The van der Waals surface area contributed by atoms with Crippen LogP contribution in [0.5, 0.6) is 0 Å². The van der Waals surface area contributed by atoms with Crippen LogP contribution in [-0.4, -0.2) is 45.2 Å². The Morgan fingerprint density at radius 2 is 1.90 bits per heavy atom. The van der Waals surface area contributed by atoms with E-state index in [-0.39, 0.29) is 11.5 Å². The molecule has 2 aromatic heterocycles. The highest BCUT2D eigenvalue weighted by Crippen LogP contribution is 2.19. The molecule has 31 heavy (non-hydrogen) atoms. The summed E-state index contributed by atoms with van der Waals surface area (Å²) in [5.41, 5.74) is 8.39. The van der Waals surface area contributed by atoms with Gasteiger partial charge in [0.1, 0.15) is 17.4 Å². The maximum absolute atomic E-state index is 13.4. The lowest BCUT2D eigenvalue weighted by atomic mass is 10.1. The van der Waals surface area contributed by atoms with Crippen LogP contribution in [0.3, 0.4) is 0 Å². The van der Waals surface area contributed by atoms with Crippen molar-refractivity contribution in [3.05, 3.63) is 58.0 Å². The number of nitrogens with zero attached hydrogens (tertiary/aromatic N) is 4. The number of pyridine rings is 1. The minimum atomic E-state index is -0.709. The van der Waals surface area contributed by atoms with Gasteiger partial charge in [0.2, 0.25) is 5.95 Å². The van der Waals surface area contributed by atoms with Gasteiger partial charge in [-0.2, -0.15) is 4.98 Å². The number of nitrogen functional groups attached to an aromatic ring is 1. The van der Waals surface area contributed by atoms with Gasteiger partial charge in [-0.25, -0.2) is 9.37 Å². The Kier molecular flexibility index (Phi) is 6.46. The molecule has 0 bridgehead atoms. The Hall–Kier alpha value is -3.00. The van der Waals surface area contributed by atoms with Crippen molar-refractivity contribution in [1.82, 2.24) is 19.4 Å². The minimum absolute atomic E-state index is 0.147. The molecule has 1 unspecified atom stereocenters. The number of nitrogens with one attached hydrogen (secondary N) is 1. The molecule has 0 aliphatic carbocycles. The number of benzene rings is 1. The molecule has 0 saturated carbocycles. The molecule has 0 spiro atoms. The monoisotopic (exact) mass is 424 g/mol. The second-order valence-corrected chi connectivity index (χ2v) is 8.16. The second kappa shape index (κ2) is 9.43. The molecule has 3 aromatic rings. The molecule has 164 valence electrons. The number of hydrogen-bond donors (Lipinski definition) is 2. The first-order chi connectivity index (χ1) is 15.0. The summed E-state index contributed by atoms with van der Waals surface area (Å²) in [6, 6.07) is 9.95. The molecule has 8 heteroatoms. The first-order valence-corrected chi connectivity index (χ1v) is 10.9. The highest BCUT2D eigenvalue weighted by atomic mass is 19.1. The topological polar surface area (TPSA) is 89.1 Å². The first-order valence-electron chi connectivity index (χ1n) is 10.9. The third-order valence-electron chi connectivity index (χ3n) is 5.66. The highest BCUT2D eigenvalue weighted by Gasteiger charge is 2.21. The van der Waals surface area contributed by atoms with Crippen LogP contribution in [0.2, 0.25) is 0 Å². The van der Waals surface area contributed by atoms with Crippen LogP contribution in [0.25, 0.3) is 10.9 Å². The molecule has 0 radical (unpaired) electrons. The van der Waals surface area contributed by atoms with E-state index in [2.05, 4.69) is 39.2 Å². The summed E-state index contributed by atoms with van der Waals surface area (Å²) in [5, 5.41) is 3.69. The molecule has 7 nitrogen and oxygen atoms in total. The maximum atomic E-state index is 13.4. The van der Waals surface area contributed by atoms with Crippen molar-refractivity contribution in [2.24, 2.45) is 0 Å². The largest absolute Gasteiger partial charge is 0.369 e. The Labute approximate surface area is 181 Å². The van der Waals surface area contributed by atoms with Crippen molar-refractivity contribution >= 4 is 22.7 Å². The summed E-state index contributed by atoms with van der Waals surface area (Å²) < 4.78 is 15.0. The lowest BCUT2D eigenvalue weighted by molar-refractivity contribution is 0.282. The van der Waals surface area contributed by atoms with Crippen molar-refractivity contribution in [3.8, 4) is 0 Å². The highest BCUT2D eigenvalue weighted by molar-refractivity contribution is 5.89. The first kappa shape index (κ1) is 21.2. The third-order valence-corrected chi connectivity index (χ3v) is 5.66. The van der Waals surface area contributed by atoms with E-state index < -0.39 is 6.17 Å². The number of anilines is 2. The number of fused-ring (bicyclic) bond motifs is 1. The lowest BCUT2D eigenvalue weighted by Gasteiger charge is -2.15. The number of hydrogen-bond acceptors (Lipinski definition) is 6. The summed E-state index contributed by atoms with van der Waals surface area (Å²) in [7, 11) is 0. The number of alkyl halides is 1. The minimum Gasteiger partial charge on any atom is -0.369 e. The van der Waals surface area contributed by atoms with Crippen LogP contribution in [-0.2, 0) is 13.1 Å². The molecule has 1 aliphatic rings. The molecule has 1 fully saturated rings. The summed E-state index contributed by atoms with van der Waals surface area (Å²) in [6.45, 7) is 5.34. The van der Waals surface area contributed by atoms with Crippen LogP contribution >= 0.6 is 0 Å². The van der Waals surface area contributed by atoms with Gasteiger partial charge in [0.05, 0.1) is 12.1 Å². The van der Waals surface area contributed by atoms with E-state index in [1.54, 1.807) is 16.8 Å². The predicted octanol–water partition coefficient (Wildman–Crippen LogP) is 3.18. The molecular formula is C23H29FN6O. The number of nitrogens with two attached hydrogens (primary N) is 1. The number of unbranched alkanes of at least 4 members (excludes halogenated alkanes) is 1. The van der Waals surface area contributed by atoms with E-state index >= 15 is 0 Å². The Morgan fingerprint density at radius 1 is 1.16 bits per heavy atom. The molecule has 0 amide bonds. The summed E-state index contributed by atoms with van der Waals surface area (Å²) in [6.07, 6.45) is 3.67. The number of likely N-dealkylation sites (tertiary alicyclic amines) is 1. The SMILES string of the molecule is CCCCNc1nc(N)nc2ccn(Cc3ccc(CN4CCC(F)C4)cc3)c(=O)c12. The van der Waals surface area contributed by atoms with Crippen molar-refractivity contribution in [1.29, 1.82) is 0 Å². The molecular weight excluding hydrogens is 395 g/mol. The van der Waals surface area contributed by atoms with Gasteiger partial charge >= 0.3 is 0 Å². The number of rotatable bonds is 8. The molecule has 4 rings (SSSR count). The van der Waals surface area contributed by atoms with E-state index in [4.69, 9.17) is 5.73 Å². The van der Waals surface area contributed by atoms with Crippen molar-refractivity contribution in [2.75, 3.05) is 30.7 Å². The van der Waals surface area contributed by atoms with E-state index in [0.29, 0.717) is 36.2 Å². The zero-order valence-electron chi connectivity index (χ0n) is 17.9. The van der Waals surface area contributed by atoms with Gasteiger partial charge in [0, 0.05) is 32.4 Å². The fourth-order valence-electron chi connectivity index (χ4n) is 3.97. The summed E-state index contributed by atoms with van der Waals surface area (Å²) >= 11 is 0. The van der Waals surface area contributed by atoms with Gasteiger partial charge in [-0.3, -0.25) is 9.69 Å². The summed E-state index contributed by atoms with van der Waals surface area (Å²) in [4.78, 5) is 23.8. The molecule has 1 atom stereocenters. The van der Waals surface area contributed by atoms with Gasteiger partial charge in [0.15, 0.2) is 0 Å². The zero-order valence-corrected chi connectivity index (χ0v) is 17.9. The second-order valence-electron chi connectivity index (χ2n) is 8.16. The van der Waals surface area contributed by atoms with Crippen LogP contribution in [0, 0.1) is 0 Å². The standard InChI is InChI=1S/C23H29FN6O/c1-2-3-10-26-21-20-19(27-23(25)28-21)9-12-30(22(20)31)14-17-6-4-16(5-7-17)13-29-11-8-18(24)15-29/h4-7,9,12,18H,2-3,8,10-11,13-15H2,1H3,(H3,25,26,27,28). The van der Waals surface area contributed by atoms with E-state index in [0.717, 1.165) is 43.6 Å². The van der Waals surface area contributed by atoms with E-state index in [1.807, 2.05) is 12.1 Å². The van der Waals surface area contributed by atoms with Crippen molar-refractivity contribution in [3.63, 3.8) is 0 Å². The zero-order chi connectivity index (χ0) is 21.8. The van der Waals surface area contributed by atoms with Crippen molar-refractivity contribution in [2.45, 2.75) is 45.4 Å². The van der Waals surface area contributed by atoms with Gasteiger partial charge in [-0.1, -0.05) is 37.6 Å². The Balaban J connectivity index is 1.54. The summed E-state index contributed by atoms with van der Waals surface area (Å²) in [5.74, 6) is 0.638. The lowest BCUT2D eigenvalue weighted by Crippen LogP contribution is -2.22. The van der Waals surface area contributed by atoms with E-state index in [9.17, 15) is 9.18 Å². The van der Waals surface area contributed by atoms with Crippen LogP contribution < -0.4 is 16.6 Å². The number of aromatic nitrogens is 3. The van der Waals surface area contributed by atoms with Crippen molar-refractivity contribution < 1.29 is 4.39 Å². The van der Waals surface area contributed by atoms with E-state index in [1.165, 1.54) is 0 Å². The normalized spacial score (nSPS) is 16.8. The molecule has 1 aliphatic heterocycles. The predicted molar refractivity (Wildman–Crippen MR) is 122 cm³/mol. The fourth-order valence-corrected chi connectivity index (χ4v) is 3.97. The van der Waals surface area contributed by atoms with Crippen LogP contribution in [0.15, 0.2) is 41.3 Å². The smallest absolute Gasteiger partial charge is 0.264 e. The average Bonchev–Trinajstić information content (AvgIpc) is 3.16. The van der Waals surface area contributed by atoms with Crippen LogP contribution in [0.1, 0.15) is 37.3 Å². The third kappa shape index (κ3) is 5.02. The molecule has 1 saturated heterocycles. The van der Waals surface area contributed by atoms with Gasteiger partial charge in [-0.05, 0) is 30.0 Å². The average molecular weight is 425 g/mol. The Bertz CT molecular complexity index is 1100. The maximum Gasteiger partial charge on any atom is 0.264 e. The molecule has 1 aromatic carbocycles. The van der Waals surface area contributed by atoms with Gasteiger partial charge in [0.25, 0.3) is 5.56 Å². The number of halogens is 1. The molecule has 3 N–H and O–H groups in total. The fraction of sp³-hybridized carbons (Fsp3) is 0.435. The van der Waals surface area contributed by atoms with Crippen LogP contribution in [0.4, 0.5) is 16.2 Å². The van der Waals surface area contributed by atoms with Gasteiger partial charge in [-0.15, -0.1) is 0 Å².